The zero-order valence-electron chi connectivity index (χ0n) is 10.1. The van der Waals surface area contributed by atoms with Gasteiger partial charge in [-0.25, -0.2) is 13.2 Å². The molecule has 0 spiro atoms. The van der Waals surface area contributed by atoms with E-state index in [9.17, 15) is 18.0 Å². The maximum absolute atomic E-state index is 12.4. The lowest BCUT2D eigenvalue weighted by Gasteiger charge is -2.28. The molecule has 1 aromatic rings. The Morgan fingerprint density at radius 1 is 1.30 bits per heavy atom. The number of aromatic carboxylic acids is 1. The Hall–Kier alpha value is -1.71. The predicted octanol–water partition coefficient (Wildman–Crippen LogP) is 0.850. The van der Waals surface area contributed by atoms with Gasteiger partial charge in [-0.2, -0.15) is 4.31 Å². The van der Waals surface area contributed by atoms with Crippen molar-refractivity contribution in [3.05, 3.63) is 29.2 Å². The van der Waals surface area contributed by atoms with E-state index in [0.29, 0.717) is 0 Å². The minimum absolute atomic E-state index is 0.0421. The molecule has 0 bridgehead atoms. The molecule has 0 fully saturated rings. The molecule has 1 aromatic heterocycles. The molecule has 2 heterocycles. The van der Waals surface area contributed by atoms with E-state index in [-0.39, 0.29) is 22.7 Å². The van der Waals surface area contributed by atoms with Crippen LogP contribution < -0.4 is 0 Å². The number of carbonyl (C=O) groups is 2. The largest absolute Gasteiger partial charge is 0.480 e. The van der Waals surface area contributed by atoms with E-state index in [1.54, 1.807) is 12.2 Å². The molecule has 0 radical (unpaired) electrons. The number of thiophene rings is 1. The van der Waals surface area contributed by atoms with Crippen LogP contribution in [0.2, 0.25) is 0 Å². The predicted molar refractivity (Wildman–Crippen MR) is 70.4 cm³/mol. The highest BCUT2D eigenvalue weighted by atomic mass is 32.2. The standard InChI is InChI=1S/C11H11NO6S2/c13-10(14)7-5-9(19-6-7)20(17,18)12-4-2-1-3-8(12)11(15)16/h1-2,5-6,8H,3-4H2,(H,13,14)(H,15,16). The van der Waals surface area contributed by atoms with Crippen molar-refractivity contribution in [2.75, 3.05) is 6.54 Å². The van der Waals surface area contributed by atoms with Crippen LogP contribution in [0.25, 0.3) is 0 Å². The third-order valence-corrected chi connectivity index (χ3v) is 6.12. The van der Waals surface area contributed by atoms with Gasteiger partial charge in [-0.1, -0.05) is 12.2 Å². The van der Waals surface area contributed by atoms with E-state index in [1.807, 2.05) is 0 Å². The van der Waals surface area contributed by atoms with Crippen LogP contribution in [0.1, 0.15) is 16.8 Å². The van der Waals surface area contributed by atoms with Gasteiger partial charge in [-0.3, -0.25) is 4.79 Å². The van der Waals surface area contributed by atoms with Crippen molar-refractivity contribution in [3.63, 3.8) is 0 Å². The Morgan fingerprint density at radius 3 is 2.55 bits per heavy atom. The summed E-state index contributed by atoms with van der Waals surface area (Å²) in [4.78, 5) is 21.9. The Kier molecular flexibility index (Phi) is 3.93. The van der Waals surface area contributed by atoms with Crippen molar-refractivity contribution in [2.45, 2.75) is 16.7 Å². The van der Waals surface area contributed by atoms with Crippen LogP contribution in [-0.2, 0) is 14.8 Å². The Morgan fingerprint density at radius 2 is 2.00 bits per heavy atom. The van der Waals surface area contributed by atoms with Crippen LogP contribution in [0.5, 0.6) is 0 Å². The highest BCUT2D eigenvalue weighted by molar-refractivity contribution is 7.91. The van der Waals surface area contributed by atoms with E-state index >= 15 is 0 Å². The summed E-state index contributed by atoms with van der Waals surface area (Å²) in [7, 11) is -4.01. The topological polar surface area (TPSA) is 112 Å². The lowest BCUT2D eigenvalue weighted by Crippen LogP contribution is -2.46. The third kappa shape index (κ3) is 2.60. The first-order chi connectivity index (χ1) is 9.34. The minimum atomic E-state index is -4.01. The molecule has 9 heteroatoms. The summed E-state index contributed by atoms with van der Waals surface area (Å²) in [5.74, 6) is -2.45. The van der Waals surface area contributed by atoms with Gasteiger partial charge in [-0.05, 0) is 12.5 Å². The van der Waals surface area contributed by atoms with Crippen molar-refractivity contribution < 1.29 is 28.2 Å². The van der Waals surface area contributed by atoms with E-state index in [2.05, 4.69) is 0 Å². The second-order valence-corrected chi connectivity index (χ2v) is 7.12. The van der Waals surface area contributed by atoms with Crippen molar-refractivity contribution in [3.8, 4) is 0 Å². The average molecular weight is 317 g/mol. The Bertz CT molecular complexity index is 675. The quantitative estimate of drug-likeness (QED) is 0.796. The molecule has 0 saturated heterocycles. The second-order valence-electron chi connectivity index (χ2n) is 4.10. The molecular weight excluding hydrogens is 306 g/mol. The van der Waals surface area contributed by atoms with Crippen molar-refractivity contribution in [1.29, 1.82) is 0 Å². The highest BCUT2D eigenvalue weighted by Gasteiger charge is 2.37. The van der Waals surface area contributed by atoms with Gasteiger partial charge in [0.15, 0.2) is 0 Å². The summed E-state index contributed by atoms with van der Waals surface area (Å²) >= 11 is 0.765. The maximum Gasteiger partial charge on any atom is 0.336 e. The highest BCUT2D eigenvalue weighted by Crippen LogP contribution is 2.27. The van der Waals surface area contributed by atoms with Gasteiger partial charge in [0.2, 0.25) is 0 Å². The smallest absolute Gasteiger partial charge is 0.336 e. The number of carboxylic acid groups (broad SMARTS) is 2. The maximum atomic E-state index is 12.4. The first-order valence-electron chi connectivity index (χ1n) is 5.55. The number of hydrogen-bond donors (Lipinski definition) is 2. The number of sulfonamides is 1. The van der Waals surface area contributed by atoms with Gasteiger partial charge in [0.25, 0.3) is 10.0 Å². The molecule has 1 aliphatic rings. The molecule has 0 saturated carbocycles. The SMILES string of the molecule is O=C(O)c1csc(S(=O)(=O)N2CC=CCC2C(=O)O)c1. The molecule has 0 aromatic carbocycles. The molecule has 1 atom stereocenters. The summed E-state index contributed by atoms with van der Waals surface area (Å²) in [6, 6.07) is -0.125. The van der Waals surface area contributed by atoms with Crippen molar-refractivity contribution in [1.82, 2.24) is 4.31 Å². The van der Waals surface area contributed by atoms with Crippen molar-refractivity contribution in [2.24, 2.45) is 0 Å². The van der Waals surface area contributed by atoms with E-state index in [4.69, 9.17) is 10.2 Å². The zero-order chi connectivity index (χ0) is 14.9. The van der Waals surface area contributed by atoms with Gasteiger partial charge in [0, 0.05) is 11.9 Å². The fraction of sp³-hybridized carbons (Fsp3) is 0.273. The van der Waals surface area contributed by atoms with Gasteiger partial charge < -0.3 is 10.2 Å². The van der Waals surface area contributed by atoms with Crippen LogP contribution in [0.3, 0.4) is 0 Å². The van der Waals surface area contributed by atoms with Gasteiger partial charge in [-0.15, -0.1) is 11.3 Å². The fourth-order valence-electron chi connectivity index (χ4n) is 1.82. The lowest BCUT2D eigenvalue weighted by molar-refractivity contribution is -0.141. The Labute approximate surface area is 118 Å². The molecule has 1 unspecified atom stereocenters. The molecule has 108 valence electrons. The van der Waals surface area contributed by atoms with Crippen LogP contribution in [-0.4, -0.2) is 47.5 Å². The average Bonchev–Trinajstić information content (AvgIpc) is 2.89. The normalized spacial score (nSPS) is 19.9. The van der Waals surface area contributed by atoms with Crippen LogP contribution in [0.15, 0.2) is 27.8 Å². The lowest BCUT2D eigenvalue weighted by atomic mass is 10.1. The first kappa shape index (κ1) is 14.7. The number of nitrogens with zero attached hydrogens (tertiary/aromatic N) is 1. The summed E-state index contributed by atoms with van der Waals surface area (Å²) in [6.45, 7) is -0.0421. The molecule has 2 rings (SSSR count). The summed E-state index contributed by atoms with van der Waals surface area (Å²) in [6.07, 6.45) is 3.27. The fourth-order valence-corrected chi connectivity index (χ4v) is 4.64. The van der Waals surface area contributed by atoms with Crippen LogP contribution >= 0.6 is 11.3 Å². The molecule has 2 N–H and O–H groups in total. The van der Waals surface area contributed by atoms with Crippen LogP contribution in [0, 0.1) is 0 Å². The van der Waals surface area contributed by atoms with E-state index < -0.39 is 28.0 Å². The van der Waals surface area contributed by atoms with E-state index in [1.165, 1.54) is 5.38 Å². The minimum Gasteiger partial charge on any atom is -0.480 e. The zero-order valence-corrected chi connectivity index (χ0v) is 11.7. The summed E-state index contributed by atoms with van der Waals surface area (Å²) in [5.41, 5.74) is -0.131. The second kappa shape index (κ2) is 5.35. The molecule has 0 aliphatic carbocycles. The number of aliphatic carboxylic acids is 1. The van der Waals surface area contributed by atoms with Gasteiger partial charge >= 0.3 is 11.9 Å². The molecular formula is C11H11NO6S2. The molecule has 0 amide bonds. The van der Waals surface area contributed by atoms with Crippen LogP contribution in [0.4, 0.5) is 0 Å². The summed E-state index contributed by atoms with van der Waals surface area (Å²) < 4.78 is 25.5. The monoisotopic (exact) mass is 317 g/mol. The summed E-state index contributed by atoms with van der Waals surface area (Å²) in [5, 5.41) is 19.1. The van der Waals surface area contributed by atoms with Gasteiger partial charge in [0.05, 0.1) is 5.56 Å². The Balaban J connectivity index is 2.40. The number of carboxylic acids is 2. The first-order valence-corrected chi connectivity index (χ1v) is 7.87. The molecule has 1 aliphatic heterocycles. The van der Waals surface area contributed by atoms with Crippen molar-refractivity contribution >= 4 is 33.3 Å². The molecule has 7 nitrogen and oxygen atoms in total. The number of rotatable bonds is 4. The molecule has 20 heavy (non-hydrogen) atoms. The number of hydrogen-bond acceptors (Lipinski definition) is 5. The van der Waals surface area contributed by atoms with E-state index in [0.717, 1.165) is 21.7 Å². The third-order valence-electron chi connectivity index (χ3n) is 2.83. The van der Waals surface area contributed by atoms with Gasteiger partial charge in [0.1, 0.15) is 10.3 Å².